The Kier molecular flexibility index (Phi) is 4.92. The van der Waals surface area contributed by atoms with Gasteiger partial charge in [-0.15, -0.1) is 11.3 Å². The number of hydrogen-bond acceptors (Lipinski definition) is 4. The summed E-state index contributed by atoms with van der Waals surface area (Å²) in [5.41, 5.74) is 0.961. The van der Waals surface area contributed by atoms with Gasteiger partial charge in [0.1, 0.15) is 11.5 Å². The van der Waals surface area contributed by atoms with E-state index in [9.17, 15) is 4.79 Å². The number of amides is 1. The molecule has 1 aromatic carbocycles. The number of ether oxygens (including phenoxy) is 2. The minimum absolute atomic E-state index is 0.0769. The molecule has 1 fully saturated rings. The zero-order chi connectivity index (χ0) is 16.4. The van der Waals surface area contributed by atoms with E-state index in [-0.39, 0.29) is 5.91 Å². The highest BCUT2D eigenvalue weighted by Gasteiger charge is 2.34. The minimum Gasteiger partial charge on any atom is -0.497 e. The molecule has 0 bridgehead atoms. The lowest BCUT2D eigenvalue weighted by Crippen LogP contribution is -2.32. The first kappa shape index (κ1) is 16.3. The van der Waals surface area contributed by atoms with Crippen LogP contribution in [-0.4, -0.2) is 31.1 Å². The number of hydrogen-bond donors (Lipinski definition) is 0. The largest absolute Gasteiger partial charge is 0.497 e. The third kappa shape index (κ3) is 3.70. The predicted molar refractivity (Wildman–Crippen MR) is 94.5 cm³/mol. The summed E-state index contributed by atoms with van der Waals surface area (Å²) >= 11 is 4.89. The molecule has 1 amide bonds. The second-order valence-corrected chi connectivity index (χ2v) is 7.91. The Morgan fingerprint density at radius 3 is 2.61 bits per heavy atom. The van der Waals surface area contributed by atoms with E-state index in [0.29, 0.717) is 12.6 Å². The third-order valence-electron chi connectivity index (χ3n) is 3.86. The third-order valence-corrected chi connectivity index (χ3v) is 5.47. The molecule has 1 heterocycles. The highest BCUT2D eigenvalue weighted by Crippen LogP contribution is 2.34. The number of methoxy groups -OCH3 is 2. The quantitative estimate of drug-likeness (QED) is 0.730. The molecule has 1 aromatic heterocycles. The first-order valence-electron chi connectivity index (χ1n) is 7.39. The molecule has 122 valence electrons. The van der Waals surface area contributed by atoms with E-state index in [1.54, 1.807) is 14.2 Å². The molecular formula is C17H18BrNO3S. The van der Waals surface area contributed by atoms with Crippen molar-refractivity contribution in [3.63, 3.8) is 0 Å². The van der Waals surface area contributed by atoms with Gasteiger partial charge in [-0.3, -0.25) is 4.79 Å². The zero-order valence-electron chi connectivity index (χ0n) is 13.0. The molecule has 0 unspecified atom stereocenters. The van der Waals surface area contributed by atoms with Gasteiger partial charge >= 0.3 is 0 Å². The summed E-state index contributed by atoms with van der Waals surface area (Å²) in [7, 11) is 3.28. The summed E-state index contributed by atoms with van der Waals surface area (Å²) in [4.78, 5) is 15.5. The van der Waals surface area contributed by atoms with Crippen LogP contribution in [0.15, 0.2) is 34.1 Å². The Bertz CT molecular complexity index is 712. The number of halogens is 1. The lowest BCUT2D eigenvalue weighted by Gasteiger charge is -2.23. The molecule has 3 rings (SSSR count). The van der Waals surface area contributed by atoms with Crippen LogP contribution in [0.2, 0.25) is 0 Å². The van der Waals surface area contributed by atoms with E-state index in [4.69, 9.17) is 9.47 Å². The van der Waals surface area contributed by atoms with Gasteiger partial charge in [-0.05, 0) is 59.1 Å². The predicted octanol–water partition coefficient (Wildman–Crippen LogP) is 4.33. The molecule has 0 atom stereocenters. The van der Waals surface area contributed by atoms with E-state index in [2.05, 4.69) is 15.9 Å². The molecule has 23 heavy (non-hydrogen) atoms. The van der Waals surface area contributed by atoms with Crippen LogP contribution in [-0.2, 0) is 6.54 Å². The zero-order valence-corrected chi connectivity index (χ0v) is 15.4. The topological polar surface area (TPSA) is 38.8 Å². The Balaban J connectivity index is 1.87. The van der Waals surface area contributed by atoms with Crippen molar-refractivity contribution in [2.24, 2.45) is 0 Å². The van der Waals surface area contributed by atoms with Crippen LogP contribution in [0.5, 0.6) is 11.5 Å². The Morgan fingerprint density at radius 1 is 1.26 bits per heavy atom. The van der Waals surface area contributed by atoms with Crippen molar-refractivity contribution in [3.05, 3.63) is 44.6 Å². The second-order valence-electron chi connectivity index (χ2n) is 5.45. The highest BCUT2D eigenvalue weighted by molar-refractivity contribution is 9.11. The van der Waals surface area contributed by atoms with Crippen LogP contribution >= 0.6 is 27.3 Å². The Labute approximate surface area is 148 Å². The molecule has 6 heteroatoms. The van der Waals surface area contributed by atoms with Gasteiger partial charge in [-0.1, -0.05) is 0 Å². The molecule has 0 spiro atoms. The maximum absolute atomic E-state index is 12.8. The van der Waals surface area contributed by atoms with Crippen LogP contribution < -0.4 is 9.47 Å². The van der Waals surface area contributed by atoms with Crippen LogP contribution in [0.4, 0.5) is 0 Å². The fourth-order valence-corrected chi connectivity index (χ4v) is 3.85. The van der Waals surface area contributed by atoms with E-state index in [1.165, 1.54) is 11.3 Å². The van der Waals surface area contributed by atoms with Gasteiger partial charge in [-0.2, -0.15) is 0 Å². The monoisotopic (exact) mass is 395 g/mol. The number of carbonyl (C=O) groups excluding carboxylic acids is 1. The van der Waals surface area contributed by atoms with Gasteiger partial charge in [0.05, 0.1) is 29.4 Å². The molecule has 1 aliphatic carbocycles. The molecule has 2 aromatic rings. The lowest BCUT2D eigenvalue weighted by atomic mass is 10.1. The van der Waals surface area contributed by atoms with Crippen molar-refractivity contribution in [2.75, 3.05) is 14.2 Å². The van der Waals surface area contributed by atoms with Crippen molar-refractivity contribution in [2.45, 2.75) is 25.4 Å². The standard InChI is InChI=1S/C17H18BrNO3S/c1-21-13-5-6-14(22-2)11(9-13)10-19(12-3-4-12)17(20)15-7-8-16(18)23-15/h5-9,12H,3-4,10H2,1-2H3. The van der Waals surface area contributed by atoms with E-state index >= 15 is 0 Å². The van der Waals surface area contributed by atoms with Gasteiger partial charge in [0.15, 0.2) is 0 Å². The van der Waals surface area contributed by atoms with Crippen LogP contribution in [0, 0.1) is 0 Å². The van der Waals surface area contributed by atoms with Crippen LogP contribution in [0.3, 0.4) is 0 Å². The number of rotatable bonds is 6. The lowest BCUT2D eigenvalue weighted by molar-refractivity contribution is 0.0733. The first-order chi connectivity index (χ1) is 11.1. The van der Waals surface area contributed by atoms with Gasteiger partial charge in [0.2, 0.25) is 0 Å². The first-order valence-corrected chi connectivity index (χ1v) is 9.00. The fraction of sp³-hybridized carbons (Fsp3) is 0.353. The summed E-state index contributed by atoms with van der Waals surface area (Å²) in [6.45, 7) is 0.527. The number of nitrogens with zero attached hydrogens (tertiary/aromatic N) is 1. The summed E-state index contributed by atoms with van der Waals surface area (Å²) in [6, 6.07) is 9.78. The maximum atomic E-state index is 12.8. The van der Waals surface area contributed by atoms with Crippen molar-refractivity contribution in [1.29, 1.82) is 0 Å². The van der Waals surface area contributed by atoms with Gasteiger partial charge < -0.3 is 14.4 Å². The average Bonchev–Trinajstić information content (AvgIpc) is 3.32. The maximum Gasteiger partial charge on any atom is 0.264 e. The SMILES string of the molecule is COc1ccc(OC)c(CN(C(=O)c2ccc(Br)s2)C2CC2)c1. The van der Waals surface area contributed by atoms with Crippen molar-refractivity contribution < 1.29 is 14.3 Å². The summed E-state index contributed by atoms with van der Waals surface area (Å²) in [5.74, 6) is 1.62. The Hall–Kier alpha value is -1.53. The molecule has 0 N–H and O–H groups in total. The molecule has 1 saturated carbocycles. The van der Waals surface area contributed by atoms with E-state index in [0.717, 1.165) is 38.6 Å². The van der Waals surface area contributed by atoms with Gasteiger partial charge in [-0.25, -0.2) is 0 Å². The van der Waals surface area contributed by atoms with Crippen LogP contribution in [0.25, 0.3) is 0 Å². The van der Waals surface area contributed by atoms with Gasteiger partial charge in [0.25, 0.3) is 5.91 Å². The fourth-order valence-electron chi connectivity index (χ4n) is 2.51. The Morgan fingerprint density at radius 2 is 2.04 bits per heavy atom. The summed E-state index contributed by atoms with van der Waals surface area (Å²) in [5, 5.41) is 0. The average molecular weight is 396 g/mol. The van der Waals surface area contributed by atoms with Crippen molar-refractivity contribution in [3.8, 4) is 11.5 Å². The summed E-state index contributed by atoms with van der Waals surface area (Å²) in [6.07, 6.45) is 2.12. The van der Waals surface area contributed by atoms with Crippen molar-refractivity contribution >= 4 is 33.2 Å². The van der Waals surface area contributed by atoms with Crippen LogP contribution in [0.1, 0.15) is 28.1 Å². The van der Waals surface area contributed by atoms with Crippen molar-refractivity contribution in [1.82, 2.24) is 4.90 Å². The normalized spacial score (nSPS) is 13.7. The second kappa shape index (κ2) is 6.93. The molecule has 4 nitrogen and oxygen atoms in total. The summed E-state index contributed by atoms with van der Waals surface area (Å²) < 4.78 is 11.7. The van der Waals surface area contributed by atoms with E-state index < -0.39 is 0 Å². The molecule has 0 aliphatic heterocycles. The van der Waals surface area contributed by atoms with E-state index in [1.807, 2.05) is 35.2 Å². The number of benzene rings is 1. The minimum atomic E-state index is 0.0769. The molecule has 0 saturated heterocycles. The molecule has 0 radical (unpaired) electrons. The molecule has 1 aliphatic rings. The number of thiophene rings is 1. The smallest absolute Gasteiger partial charge is 0.264 e. The van der Waals surface area contributed by atoms with Gasteiger partial charge in [0, 0.05) is 11.6 Å². The molecular weight excluding hydrogens is 378 g/mol. The number of carbonyl (C=O) groups is 1. The highest BCUT2D eigenvalue weighted by atomic mass is 79.9.